The SMILES string of the molecule is O=C(CCc1cccc(F)c1)NC1CC2CC1C1CCCC21. The average Bonchev–Trinajstić information content (AvgIpc) is 3.17. The lowest BCUT2D eigenvalue weighted by Crippen LogP contribution is -2.42. The minimum atomic E-state index is -0.224. The van der Waals surface area contributed by atoms with E-state index in [0.29, 0.717) is 18.9 Å². The predicted molar refractivity (Wildman–Crippen MR) is 83.7 cm³/mol. The molecule has 3 aliphatic carbocycles. The van der Waals surface area contributed by atoms with Gasteiger partial charge in [-0.15, -0.1) is 0 Å². The van der Waals surface area contributed by atoms with Gasteiger partial charge in [0, 0.05) is 12.5 Å². The smallest absolute Gasteiger partial charge is 0.220 e. The Bertz CT molecular complexity index is 572. The fourth-order valence-electron chi connectivity index (χ4n) is 5.46. The predicted octanol–water partition coefficient (Wildman–Crippen LogP) is 3.70. The van der Waals surface area contributed by atoms with E-state index >= 15 is 0 Å². The summed E-state index contributed by atoms with van der Waals surface area (Å²) in [7, 11) is 0. The third-order valence-corrected chi connectivity index (χ3v) is 6.30. The first-order valence-electron chi connectivity index (χ1n) is 8.74. The fourth-order valence-corrected chi connectivity index (χ4v) is 5.46. The number of carbonyl (C=O) groups excluding carboxylic acids is 1. The number of hydrogen-bond donors (Lipinski definition) is 1. The molecule has 1 aromatic carbocycles. The average molecular weight is 301 g/mol. The molecule has 0 aliphatic heterocycles. The minimum Gasteiger partial charge on any atom is -0.353 e. The molecule has 1 amide bonds. The van der Waals surface area contributed by atoms with Crippen LogP contribution >= 0.6 is 0 Å². The maximum Gasteiger partial charge on any atom is 0.220 e. The molecule has 0 radical (unpaired) electrons. The number of aryl methyl sites for hydroxylation is 1. The summed E-state index contributed by atoms with van der Waals surface area (Å²) in [6, 6.07) is 6.96. The molecule has 3 saturated carbocycles. The summed E-state index contributed by atoms with van der Waals surface area (Å²) in [5.41, 5.74) is 0.902. The summed E-state index contributed by atoms with van der Waals surface area (Å²) >= 11 is 0. The van der Waals surface area contributed by atoms with Crippen LogP contribution < -0.4 is 5.32 Å². The summed E-state index contributed by atoms with van der Waals surface area (Å²) in [6.45, 7) is 0. The Kier molecular flexibility index (Phi) is 3.67. The van der Waals surface area contributed by atoms with Crippen molar-refractivity contribution in [1.82, 2.24) is 5.32 Å². The second-order valence-electron chi connectivity index (χ2n) is 7.46. The minimum absolute atomic E-state index is 0.136. The van der Waals surface area contributed by atoms with Crippen LogP contribution in [0.2, 0.25) is 0 Å². The normalized spacial score (nSPS) is 35.6. The Balaban J connectivity index is 1.30. The first-order valence-corrected chi connectivity index (χ1v) is 8.74. The molecule has 3 fully saturated rings. The van der Waals surface area contributed by atoms with Gasteiger partial charge in [0.2, 0.25) is 5.91 Å². The second-order valence-corrected chi connectivity index (χ2v) is 7.46. The molecule has 0 aromatic heterocycles. The third kappa shape index (κ3) is 2.55. The highest BCUT2D eigenvalue weighted by molar-refractivity contribution is 5.76. The number of fused-ring (bicyclic) bond motifs is 5. The van der Waals surface area contributed by atoms with Crippen LogP contribution in [0.25, 0.3) is 0 Å². The molecule has 1 N–H and O–H groups in total. The molecule has 4 rings (SSSR count). The summed E-state index contributed by atoms with van der Waals surface area (Å²) in [4.78, 5) is 12.2. The Labute approximate surface area is 131 Å². The first kappa shape index (κ1) is 14.2. The zero-order valence-corrected chi connectivity index (χ0v) is 12.9. The van der Waals surface area contributed by atoms with Crippen LogP contribution in [0, 0.1) is 29.5 Å². The van der Waals surface area contributed by atoms with Gasteiger partial charge >= 0.3 is 0 Å². The van der Waals surface area contributed by atoms with Crippen molar-refractivity contribution in [3.8, 4) is 0 Å². The second kappa shape index (κ2) is 5.68. The lowest BCUT2D eigenvalue weighted by Gasteiger charge is -2.32. The number of hydrogen-bond acceptors (Lipinski definition) is 1. The Morgan fingerprint density at radius 1 is 1.18 bits per heavy atom. The van der Waals surface area contributed by atoms with E-state index in [1.54, 1.807) is 6.07 Å². The first-order chi connectivity index (χ1) is 10.7. The largest absolute Gasteiger partial charge is 0.353 e. The van der Waals surface area contributed by atoms with Crippen LogP contribution in [-0.2, 0) is 11.2 Å². The molecule has 5 atom stereocenters. The van der Waals surface area contributed by atoms with Crippen molar-refractivity contribution in [2.75, 3.05) is 0 Å². The maximum absolute atomic E-state index is 13.1. The fraction of sp³-hybridized carbons (Fsp3) is 0.632. The molecule has 22 heavy (non-hydrogen) atoms. The highest BCUT2D eigenvalue weighted by Crippen LogP contribution is 2.58. The molecule has 2 nitrogen and oxygen atoms in total. The van der Waals surface area contributed by atoms with Gasteiger partial charge in [0.25, 0.3) is 0 Å². The number of rotatable bonds is 4. The standard InChI is InChI=1S/C19H24FNO/c20-14-4-1-3-12(9-14)7-8-19(22)21-18-11-13-10-17(18)16-6-2-5-15(13)16/h1,3-4,9,13,15-18H,2,5-8,10-11H2,(H,21,22). The third-order valence-electron chi connectivity index (χ3n) is 6.30. The van der Waals surface area contributed by atoms with Gasteiger partial charge in [-0.25, -0.2) is 4.39 Å². The molecule has 0 heterocycles. The molecular formula is C19H24FNO. The van der Waals surface area contributed by atoms with Gasteiger partial charge in [-0.05, 0) is 73.5 Å². The summed E-state index contributed by atoms with van der Waals surface area (Å²) in [6.07, 6.45) is 7.81. The van der Waals surface area contributed by atoms with Crippen LogP contribution in [0.4, 0.5) is 4.39 Å². The molecule has 3 aliphatic rings. The quantitative estimate of drug-likeness (QED) is 0.902. The number of carbonyl (C=O) groups is 1. The zero-order chi connectivity index (χ0) is 15.1. The van der Waals surface area contributed by atoms with Gasteiger partial charge in [-0.2, -0.15) is 0 Å². The van der Waals surface area contributed by atoms with Gasteiger partial charge in [0.15, 0.2) is 0 Å². The Morgan fingerprint density at radius 2 is 2.05 bits per heavy atom. The molecule has 5 unspecified atom stereocenters. The van der Waals surface area contributed by atoms with Gasteiger partial charge in [0.05, 0.1) is 0 Å². The van der Waals surface area contributed by atoms with Gasteiger partial charge in [-0.3, -0.25) is 4.79 Å². The number of amides is 1. The van der Waals surface area contributed by atoms with E-state index < -0.39 is 0 Å². The summed E-state index contributed by atoms with van der Waals surface area (Å²) in [5.74, 6) is 3.36. The number of benzene rings is 1. The highest BCUT2D eigenvalue weighted by Gasteiger charge is 2.53. The molecule has 2 bridgehead atoms. The van der Waals surface area contributed by atoms with Crippen LogP contribution in [0.5, 0.6) is 0 Å². The van der Waals surface area contributed by atoms with Gasteiger partial charge < -0.3 is 5.32 Å². The van der Waals surface area contributed by atoms with Crippen LogP contribution in [0.3, 0.4) is 0 Å². The van der Waals surface area contributed by atoms with E-state index in [0.717, 1.165) is 29.2 Å². The van der Waals surface area contributed by atoms with Gasteiger partial charge in [0.1, 0.15) is 5.82 Å². The van der Waals surface area contributed by atoms with Crippen molar-refractivity contribution in [2.45, 2.75) is 51.0 Å². The van der Waals surface area contributed by atoms with E-state index in [9.17, 15) is 9.18 Å². The monoisotopic (exact) mass is 301 g/mol. The van der Waals surface area contributed by atoms with Crippen LogP contribution in [-0.4, -0.2) is 11.9 Å². The van der Waals surface area contributed by atoms with Crippen LogP contribution in [0.1, 0.15) is 44.1 Å². The van der Waals surface area contributed by atoms with E-state index in [2.05, 4.69) is 5.32 Å². The van der Waals surface area contributed by atoms with E-state index in [1.807, 2.05) is 6.07 Å². The molecule has 0 spiro atoms. The van der Waals surface area contributed by atoms with Crippen LogP contribution in [0.15, 0.2) is 24.3 Å². The van der Waals surface area contributed by atoms with Crippen molar-refractivity contribution in [3.05, 3.63) is 35.6 Å². The maximum atomic E-state index is 13.1. The van der Waals surface area contributed by atoms with Crippen molar-refractivity contribution in [1.29, 1.82) is 0 Å². The van der Waals surface area contributed by atoms with Crippen molar-refractivity contribution in [2.24, 2.45) is 23.7 Å². The number of nitrogens with one attached hydrogen (secondary N) is 1. The highest BCUT2D eigenvalue weighted by atomic mass is 19.1. The number of halogens is 1. The molecule has 118 valence electrons. The van der Waals surface area contributed by atoms with Crippen molar-refractivity contribution in [3.63, 3.8) is 0 Å². The lowest BCUT2D eigenvalue weighted by atomic mass is 9.79. The van der Waals surface area contributed by atoms with E-state index in [4.69, 9.17) is 0 Å². The topological polar surface area (TPSA) is 29.1 Å². The summed E-state index contributed by atoms with van der Waals surface area (Å²) in [5, 5.41) is 3.28. The van der Waals surface area contributed by atoms with E-state index in [-0.39, 0.29) is 11.7 Å². The van der Waals surface area contributed by atoms with E-state index in [1.165, 1.54) is 44.2 Å². The van der Waals surface area contributed by atoms with Crippen molar-refractivity contribution < 1.29 is 9.18 Å². The zero-order valence-electron chi connectivity index (χ0n) is 12.9. The molecule has 0 saturated heterocycles. The van der Waals surface area contributed by atoms with Crippen molar-refractivity contribution >= 4 is 5.91 Å². The Hall–Kier alpha value is -1.38. The molecule has 1 aromatic rings. The lowest BCUT2D eigenvalue weighted by molar-refractivity contribution is -0.122. The molecular weight excluding hydrogens is 277 g/mol. The Morgan fingerprint density at radius 3 is 2.91 bits per heavy atom. The molecule has 3 heteroatoms. The van der Waals surface area contributed by atoms with Gasteiger partial charge in [-0.1, -0.05) is 18.6 Å². The summed E-state index contributed by atoms with van der Waals surface area (Å²) < 4.78 is 13.1.